The number of aromatic nitrogens is 2. The summed E-state index contributed by atoms with van der Waals surface area (Å²) in [7, 11) is 0. The Labute approximate surface area is 128 Å². The smallest absolute Gasteiger partial charge is 0.251 e. The van der Waals surface area contributed by atoms with Crippen LogP contribution < -0.4 is 5.32 Å². The summed E-state index contributed by atoms with van der Waals surface area (Å²) in [5.74, 6) is 0.626. The normalized spacial score (nSPS) is 16.6. The molecule has 6 nitrogen and oxygen atoms in total. The van der Waals surface area contributed by atoms with Gasteiger partial charge in [0.1, 0.15) is 0 Å². The fourth-order valence-corrected chi connectivity index (χ4v) is 2.88. The Kier molecular flexibility index (Phi) is 4.48. The number of aliphatic hydroxyl groups excluding tert-OH is 1. The third-order valence-corrected chi connectivity index (χ3v) is 4.18. The zero-order valence-electron chi connectivity index (χ0n) is 12.2. The number of nitrogens with zero attached hydrogens (tertiary/aromatic N) is 2. The van der Waals surface area contributed by atoms with Crippen LogP contribution in [0.1, 0.15) is 36.0 Å². The summed E-state index contributed by atoms with van der Waals surface area (Å²) in [5.41, 5.74) is 1.34. The summed E-state index contributed by atoms with van der Waals surface area (Å²) in [4.78, 5) is 16.0. The van der Waals surface area contributed by atoms with E-state index in [1.165, 1.54) is 19.2 Å². The van der Waals surface area contributed by atoms with Crippen LogP contribution in [-0.4, -0.2) is 33.8 Å². The van der Waals surface area contributed by atoms with Crippen molar-refractivity contribution in [3.05, 3.63) is 36.2 Å². The van der Waals surface area contributed by atoms with Crippen LogP contribution >= 0.6 is 0 Å². The maximum atomic E-state index is 12.1. The number of hydrogen-bond donors (Lipinski definition) is 2. The van der Waals surface area contributed by atoms with Crippen LogP contribution in [0.5, 0.6) is 0 Å². The summed E-state index contributed by atoms with van der Waals surface area (Å²) in [6, 6.07) is 6.96. The summed E-state index contributed by atoms with van der Waals surface area (Å²) in [6.45, 7) is 0.302. The molecule has 0 spiro atoms. The maximum absolute atomic E-state index is 12.1. The van der Waals surface area contributed by atoms with Crippen molar-refractivity contribution in [2.24, 2.45) is 5.92 Å². The Morgan fingerprint density at radius 3 is 2.68 bits per heavy atom. The summed E-state index contributed by atoms with van der Waals surface area (Å²) >= 11 is 0. The molecule has 1 atom stereocenters. The lowest BCUT2D eigenvalue weighted by molar-refractivity contribution is 0.0840. The molecule has 2 aromatic rings. The molecule has 3 rings (SSSR count). The number of carbonyl (C=O) groups is 1. The first-order chi connectivity index (χ1) is 10.7. The van der Waals surface area contributed by atoms with Crippen molar-refractivity contribution in [1.29, 1.82) is 0 Å². The van der Waals surface area contributed by atoms with Crippen molar-refractivity contribution in [3.63, 3.8) is 0 Å². The second kappa shape index (κ2) is 6.70. The molecule has 1 amide bonds. The predicted molar refractivity (Wildman–Crippen MR) is 80.0 cm³/mol. The van der Waals surface area contributed by atoms with E-state index >= 15 is 0 Å². The molecular formula is C16H19N3O3. The molecule has 22 heavy (non-hydrogen) atoms. The third-order valence-electron chi connectivity index (χ3n) is 4.18. The van der Waals surface area contributed by atoms with E-state index in [1.54, 1.807) is 24.3 Å². The zero-order valence-corrected chi connectivity index (χ0v) is 12.2. The van der Waals surface area contributed by atoms with E-state index < -0.39 is 6.10 Å². The van der Waals surface area contributed by atoms with Gasteiger partial charge in [0.2, 0.25) is 12.2 Å². The van der Waals surface area contributed by atoms with Gasteiger partial charge in [0.05, 0.1) is 6.10 Å². The Morgan fingerprint density at radius 1 is 1.32 bits per heavy atom. The quantitative estimate of drug-likeness (QED) is 0.882. The molecule has 1 aromatic heterocycles. The average Bonchev–Trinajstić information content (AvgIpc) is 3.25. The summed E-state index contributed by atoms with van der Waals surface area (Å²) in [5, 5.41) is 16.6. The Bertz CT molecular complexity index is 604. The van der Waals surface area contributed by atoms with Gasteiger partial charge in [0, 0.05) is 17.7 Å². The van der Waals surface area contributed by atoms with E-state index in [2.05, 4.69) is 15.5 Å². The minimum atomic E-state index is -0.454. The molecule has 1 fully saturated rings. The van der Waals surface area contributed by atoms with Gasteiger partial charge in [-0.05, 0) is 30.9 Å². The summed E-state index contributed by atoms with van der Waals surface area (Å²) < 4.78 is 4.69. The second-order valence-corrected chi connectivity index (χ2v) is 5.65. The van der Waals surface area contributed by atoms with Gasteiger partial charge in [-0.1, -0.05) is 30.1 Å². The molecule has 1 saturated carbocycles. The first kappa shape index (κ1) is 14.7. The topological polar surface area (TPSA) is 88.2 Å². The monoisotopic (exact) mass is 301 g/mol. The van der Waals surface area contributed by atoms with Crippen LogP contribution in [-0.2, 0) is 0 Å². The number of nitrogens with one attached hydrogen (secondary N) is 1. The van der Waals surface area contributed by atoms with Gasteiger partial charge in [-0.3, -0.25) is 4.79 Å². The fraction of sp³-hybridized carbons (Fsp3) is 0.438. The van der Waals surface area contributed by atoms with E-state index in [0.29, 0.717) is 23.9 Å². The molecule has 2 N–H and O–H groups in total. The van der Waals surface area contributed by atoms with Crippen molar-refractivity contribution < 1.29 is 14.4 Å². The minimum Gasteiger partial charge on any atom is -0.391 e. The molecule has 0 saturated heterocycles. The Morgan fingerprint density at radius 2 is 2.05 bits per heavy atom. The molecular weight excluding hydrogens is 282 g/mol. The van der Waals surface area contributed by atoms with Crippen LogP contribution in [0.15, 0.2) is 35.2 Å². The van der Waals surface area contributed by atoms with Crippen LogP contribution in [0, 0.1) is 5.92 Å². The van der Waals surface area contributed by atoms with Gasteiger partial charge in [-0.25, -0.2) is 0 Å². The zero-order chi connectivity index (χ0) is 15.4. The molecule has 0 radical (unpaired) electrons. The van der Waals surface area contributed by atoms with Gasteiger partial charge in [0.25, 0.3) is 5.91 Å². The maximum Gasteiger partial charge on any atom is 0.251 e. The minimum absolute atomic E-state index is 0.184. The number of aliphatic hydroxyl groups is 1. The van der Waals surface area contributed by atoms with Crippen molar-refractivity contribution in [2.75, 3.05) is 6.54 Å². The van der Waals surface area contributed by atoms with Crippen LogP contribution in [0.3, 0.4) is 0 Å². The summed E-state index contributed by atoms with van der Waals surface area (Å²) in [6.07, 6.45) is 5.26. The molecule has 0 bridgehead atoms. The number of carbonyl (C=O) groups excluding carboxylic acids is 1. The van der Waals surface area contributed by atoms with Gasteiger partial charge in [0.15, 0.2) is 0 Å². The van der Waals surface area contributed by atoms with Crippen LogP contribution in [0.2, 0.25) is 0 Å². The van der Waals surface area contributed by atoms with Crippen molar-refractivity contribution in [1.82, 2.24) is 15.5 Å². The first-order valence-corrected chi connectivity index (χ1v) is 7.57. The van der Waals surface area contributed by atoms with E-state index in [0.717, 1.165) is 18.4 Å². The van der Waals surface area contributed by atoms with E-state index in [1.807, 2.05) is 0 Å². The SMILES string of the molecule is O=C(NCC(O)C1CCCC1)c1ccc(-c2ncon2)cc1. The van der Waals surface area contributed by atoms with Gasteiger partial charge in [-0.2, -0.15) is 4.98 Å². The molecule has 1 aromatic carbocycles. The van der Waals surface area contributed by atoms with Crippen LogP contribution in [0.25, 0.3) is 11.4 Å². The van der Waals surface area contributed by atoms with Crippen molar-refractivity contribution >= 4 is 5.91 Å². The molecule has 1 heterocycles. The van der Waals surface area contributed by atoms with Crippen molar-refractivity contribution in [2.45, 2.75) is 31.8 Å². The highest BCUT2D eigenvalue weighted by Gasteiger charge is 2.23. The number of rotatable bonds is 5. The lowest BCUT2D eigenvalue weighted by atomic mass is 10.0. The van der Waals surface area contributed by atoms with Gasteiger partial charge in [-0.15, -0.1) is 0 Å². The van der Waals surface area contributed by atoms with E-state index in [-0.39, 0.29) is 5.91 Å². The average molecular weight is 301 g/mol. The van der Waals surface area contributed by atoms with Gasteiger partial charge >= 0.3 is 0 Å². The number of hydrogen-bond acceptors (Lipinski definition) is 5. The second-order valence-electron chi connectivity index (χ2n) is 5.65. The highest BCUT2D eigenvalue weighted by molar-refractivity contribution is 5.94. The van der Waals surface area contributed by atoms with Crippen molar-refractivity contribution in [3.8, 4) is 11.4 Å². The molecule has 6 heteroatoms. The fourth-order valence-electron chi connectivity index (χ4n) is 2.88. The largest absolute Gasteiger partial charge is 0.391 e. The highest BCUT2D eigenvalue weighted by atomic mass is 16.5. The molecule has 0 aliphatic heterocycles. The van der Waals surface area contributed by atoms with E-state index in [4.69, 9.17) is 4.52 Å². The van der Waals surface area contributed by atoms with E-state index in [9.17, 15) is 9.90 Å². The predicted octanol–water partition coefficient (Wildman–Crippen LogP) is 2.02. The third kappa shape index (κ3) is 3.33. The van der Waals surface area contributed by atoms with Crippen LogP contribution in [0.4, 0.5) is 0 Å². The number of benzene rings is 1. The lowest BCUT2D eigenvalue weighted by Crippen LogP contribution is -2.35. The molecule has 1 unspecified atom stereocenters. The first-order valence-electron chi connectivity index (χ1n) is 7.57. The Hall–Kier alpha value is -2.21. The highest BCUT2D eigenvalue weighted by Crippen LogP contribution is 2.27. The van der Waals surface area contributed by atoms with Gasteiger partial charge < -0.3 is 14.9 Å². The molecule has 1 aliphatic carbocycles. The molecule has 116 valence electrons. The Balaban J connectivity index is 1.55. The standard InChI is InChI=1S/C16H19N3O3/c20-14(11-3-1-2-4-11)9-17-16(21)13-7-5-12(6-8-13)15-18-10-22-19-15/h5-8,10-11,14,20H,1-4,9H2,(H,17,21). The number of amides is 1. The lowest BCUT2D eigenvalue weighted by Gasteiger charge is -2.18. The molecule has 1 aliphatic rings.